The topological polar surface area (TPSA) is 67.8 Å². The van der Waals surface area contributed by atoms with Crippen molar-refractivity contribution in [3.63, 3.8) is 0 Å². The third kappa shape index (κ3) is 2.31. The molecule has 17 heavy (non-hydrogen) atoms. The summed E-state index contributed by atoms with van der Waals surface area (Å²) in [7, 11) is 1.63. The monoisotopic (exact) mass is 249 g/mol. The van der Waals surface area contributed by atoms with Crippen molar-refractivity contribution in [1.82, 2.24) is 14.8 Å². The van der Waals surface area contributed by atoms with Gasteiger partial charge in [-0.2, -0.15) is 0 Å². The number of benzene rings is 1. The van der Waals surface area contributed by atoms with Gasteiger partial charge in [0.15, 0.2) is 11.4 Å². The predicted molar refractivity (Wildman–Crippen MR) is 64.5 cm³/mol. The summed E-state index contributed by atoms with van der Waals surface area (Å²) in [6.45, 7) is 1.92. The second-order valence-electron chi connectivity index (χ2n) is 3.63. The largest absolute Gasteiger partial charge is 0.343 e. The van der Waals surface area contributed by atoms with Gasteiger partial charge in [0.05, 0.1) is 0 Å². The number of nitrogens with one attached hydrogen (secondary N) is 1. The Labute approximate surface area is 102 Å². The van der Waals surface area contributed by atoms with E-state index in [1.165, 1.54) is 16.3 Å². The first-order valence-electron chi connectivity index (χ1n) is 4.97. The maximum Gasteiger partial charge on any atom is 0.343 e. The van der Waals surface area contributed by atoms with Gasteiger partial charge in [0, 0.05) is 17.5 Å². The number of aryl methyl sites for hydroxylation is 1. The van der Waals surface area contributed by atoms with Crippen LogP contribution in [-0.4, -0.2) is 21.1 Å². The van der Waals surface area contributed by atoms with E-state index in [1.807, 2.05) is 19.1 Å². The average molecular weight is 249 g/mol. The Morgan fingerprint density at radius 3 is 2.82 bits per heavy atom. The minimum atomic E-state index is -0.271. The number of hydrogen-bond donors (Lipinski definition) is 1. The Kier molecular flexibility index (Phi) is 3.14. The number of hydrogen-bond acceptors (Lipinski definition) is 4. The number of carbonyl (C=O) groups excluding carboxylic acids is 1. The fourth-order valence-corrected chi connectivity index (χ4v) is 2.24. The molecule has 0 saturated carbocycles. The average Bonchev–Trinajstić information content (AvgIpc) is 2.63. The van der Waals surface area contributed by atoms with E-state index in [4.69, 9.17) is 0 Å². The third-order valence-corrected chi connectivity index (χ3v) is 3.47. The molecule has 0 unspecified atom stereocenters. The molecule has 1 aromatic carbocycles. The van der Waals surface area contributed by atoms with Crippen molar-refractivity contribution in [1.29, 1.82) is 0 Å². The van der Waals surface area contributed by atoms with Crippen LogP contribution in [0.2, 0.25) is 0 Å². The number of carbonyl (C=O) groups is 1. The molecule has 6 heteroatoms. The Hall–Kier alpha value is -1.82. The van der Waals surface area contributed by atoms with Crippen molar-refractivity contribution in [3.05, 3.63) is 39.8 Å². The van der Waals surface area contributed by atoms with E-state index in [-0.39, 0.29) is 5.69 Å². The van der Waals surface area contributed by atoms with Crippen LogP contribution in [0.5, 0.6) is 0 Å². The first kappa shape index (κ1) is 11.7. The standard InChI is InChI=1S/C11H11N3O2S/c1-7-3-4-9(8(5-7)6-15)17-11-13-12-10(16)14(11)2/h3-6H,1-2H3,(H,12,16). The molecule has 2 aromatic rings. The van der Waals surface area contributed by atoms with Gasteiger partial charge in [0.1, 0.15) is 0 Å². The summed E-state index contributed by atoms with van der Waals surface area (Å²) in [6, 6.07) is 5.57. The Morgan fingerprint density at radius 2 is 2.24 bits per heavy atom. The van der Waals surface area contributed by atoms with Crippen LogP contribution in [0.25, 0.3) is 0 Å². The number of aromatic nitrogens is 3. The van der Waals surface area contributed by atoms with Gasteiger partial charge in [-0.1, -0.05) is 11.6 Å². The molecule has 0 aliphatic heterocycles. The molecule has 0 aliphatic rings. The molecular formula is C11H11N3O2S. The van der Waals surface area contributed by atoms with Gasteiger partial charge in [0.25, 0.3) is 0 Å². The lowest BCUT2D eigenvalue weighted by molar-refractivity contribution is 0.112. The summed E-state index contributed by atoms with van der Waals surface area (Å²) >= 11 is 1.28. The molecule has 5 nitrogen and oxygen atoms in total. The minimum absolute atomic E-state index is 0.271. The molecule has 0 saturated heterocycles. The third-order valence-electron chi connectivity index (χ3n) is 2.33. The van der Waals surface area contributed by atoms with Crippen LogP contribution in [0, 0.1) is 6.92 Å². The minimum Gasteiger partial charge on any atom is -0.298 e. The molecule has 0 amide bonds. The van der Waals surface area contributed by atoms with Gasteiger partial charge < -0.3 is 0 Å². The van der Waals surface area contributed by atoms with E-state index in [0.29, 0.717) is 10.7 Å². The molecule has 1 heterocycles. The van der Waals surface area contributed by atoms with Crippen LogP contribution < -0.4 is 5.69 Å². The van der Waals surface area contributed by atoms with E-state index in [2.05, 4.69) is 10.2 Å². The van der Waals surface area contributed by atoms with Gasteiger partial charge >= 0.3 is 5.69 Å². The van der Waals surface area contributed by atoms with Crippen molar-refractivity contribution in [2.75, 3.05) is 0 Å². The number of aromatic amines is 1. The molecule has 2 rings (SSSR count). The maximum absolute atomic E-state index is 11.2. The molecule has 1 aromatic heterocycles. The summed E-state index contributed by atoms with van der Waals surface area (Å²) in [5.74, 6) is 0. The van der Waals surface area contributed by atoms with Crippen LogP contribution in [0.4, 0.5) is 0 Å². The van der Waals surface area contributed by atoms with Gasteiger partial charge in [-0.15, -0.1) is 5.10 Å². The van der Waals surface area contributed by atoms with Crippen LogP contribution in [0.15, 0.2) is 33.0 Å². The predicted octanol–water partition coefficient (Wildman–Crippen LogP) is 1.38. The highest BCUT2D eigenvalue weighted by molar-refractivity contribution is 7.99. The second kappa shape index (κ2) is 4.58. The molecule has 88 valence electrons. The van der Waals surface area contributed by atoms with Crippen LogP contribution in [0.1, 0.15) is 15.9 Å². The normalized spacial score (nSPS) is 10.5. The van der Waals surface area contributed by atoms with Crippen LogP contribution >= 0.6 is 11.8 Å². The summed E-state index contributed by atoms with van der Waals surface area (Å²) in [5, 5.41) is 6.76. The molecule has 0 radical (unpaired) electrons. The van der Waals surface area contributed by atoms with Crippen molar-refractivity contribution in [2.45, 2.75) is 17.0 Å². The molecule has 0 fully saturated rings. The summed E-state index contributed by atoms with van der Waals surface area (Å²) < 4.78 is 1.40. The quantitative estimate of drug-likeness (QED) is 0.834. The van der Waals surface area contributed by atoms with E-state index >= 15 is 0 Å². The zero-order chi connectivity index (χ0) is 12.4. The second-order valence-corrected chi connectivity index (χ2v) is 4.64. The Balaban J connectivity index is 2.39. The zero-order valence-electron chi connectivity index (χ0n) is 9.43. The number of rotatable bonds is 3. The number of nitrogens with zero attached hydrogens (tertiary/aromatic N) is 2. The van der Waals surface area contributed by atoms with Gasteiger partial charge in [-0.25, -0.2) is 9.89 Å². The SMILES string of the molecule is Cc1ccc(Sc2n[nH]c(=O)n2C)c(C=O)c1. The molecule has 0 bridgehead atoms. The lowest BCUT2D eigenvalue weighted by atomic mass is 10.2. The molecule has 0 aliphatic carbocycles. The summed E-state index contributed by atoms with van der Waals surface area (Å²) in [6.07, 6.45) is 0.806. The zero-order valence-corrected chi connectivity index (χ0v) is 10.2. The summed E-state index contributed by atoms with van der Waals surface area (Å²) in [4.78, 5) is 22.9. The first-order valence-corrected chi connectivity index (χ1v) is 5.78. The van der Waals surface area contributed by atoms with Gasteiger partial charge in [-0.3, -0.25) is 9.36 Å². The molecule has 1 N–H and O–H groups in total. The van der Waals surface area contributed by atoms with E-state index in [9.17, 15) is 9.59 Å². The highest BCUT2D eigenvalue weighted by Gasteiger charge is 2.09. The van der Waals surface area contributed by atoms with Crippen LogP contribution in [0.3, 0.4) is 0 Å². The Morgan fingerprint density at radius 1 is 1.47 bits per heavy atom. The van der Waals surface area contributed by atoms with Gasteiger partial charge in [-0.05, 0) is 30.8 Å². The fraction of sp³-hybridized carbons (Fsp3) is 0.182. The van der Waals surface area contributed by atoms with Crippen molar-refractivity contribution in [2.24, 2.45) is 7.05 Å². The maximum atomic E-state index is 11.2. The lowest BCUT2D eigenvalue weighted by Gasteiger charge is -2.04. The number of H-pyrrole nitrogens is 1. The van der Waals surface area contributed by atoms with Crippen molar-refractivity contribution >= 4 is 18.0 Å². The van der Waals surface area contributed by atoms with Gasteiger partial charge in [0.2, 0.25) is 0 Å². The number of aldehydes is 1. The van der Waals surface area contributed by atoms with E-state index in [1.54, 1.807) is 13.1 Å². The smallest absolute Gasteiger partial charge is 0.298 e. The molecule has 0 atom stereocenters. The molecular weight excluding hydrogens is 238 g/mol. The fourth-order valence-electron chi connectivity index (χ4n) is 1.38. The molecule has 0 spiro atoms. The Bertz CT molecular complexity index is 615. The van der Waals surface area contributed by atoms with E-state index < -0.39 is 0 Å². The van der Waals surface area contributed by atoms with Crippen LogP contribution in [-0.2, 0) is 7.05 Å². The first-order chi connectivity index (χ1) is 8.11. The van der Waals surface area contributed by atoms with Crippen molar-refractivity contribution in [3.8, 4) is 0 Å². The lowest BCUT2D eigenvalue weighted by Crippen LogP contribution is -2.12. The van der Waals surface area contributed by atoms with E-state index in [0.717, 1.165) is 16.7 Å². The highest BCUT2D eigenvalue weighted by Crippen LogP contribution is 2.27. The van der Waals surface area contributed by atoms with Crippen molar-refractivity contribution < 1.29 is 4.79 Å². The highest BCUT2D eigenvalue weighted by atomic mass is 32.2. The summed E-state index contributed by atoms with van der Waals surface area (Å²) in [5.41, 5.74) is 1.35.